The number of nitrogens with one attached hydrogen (secondary N) is 1. The van der Waals surface area contributed by atoms with Crippen molar-refractivity contribution in [2.75, 3.05) is 24.3 Å². The molecule has 0 aliphatic heterocycles. The van der Waals surface area contributed by atoms with Gasteiger partial charge in [-0.3, -0.25) is 0 Å². The Morgan fingerprint density at radius 3 is 2.72 bits per heavy atom. The molecule has 0 aliphatic rings. The van der Waals surface area contributed by atoms with E-state index in [-0.39, 0.29) is 10.6 Å². The van der Waals surface area contributed by atoms with E-state index >= 15 is 0 Å². The number of hydrogen-bond acceptors (Lipinski definition) is 4. The molecular weight excluding hydrogens is 275 g/mol. The van der Waals surface area contributed by atoms with E-state index < -0.39 is 15.8 Å². The molecule has 0 amide bonds. The minimum Gasteiger partial charge on any atom is -0.399 e. The molecule has 0 heterocycles. The number of sulfonamides is 1. The van der Waals surface area contributed by atoms with E-state index in [2.05, 4.69) is 4.72 Å². The molecular formula is C11H17FN2O2S2. The number of rotatable bonds is 7. The molecule has 0 unspecified atom stereocenters. The van der Waals surface area contributed by atoms with Gasteiger partial charge in [0.25, 0.3) is 0 Å². The Kier molecular flexibility index (Phi) is 5.90. The lowest BCUT2D eigenvalue weighted by molar-refractivity contribution is 0.555. The number of nitrogens with two attached hydrogens (primary N) is 1. The van der Waals surface area contributed by atoms with Crippen LogP contribution in [0.2, 0.25) is 0 Å². The van der Waals surface area contributed by atoms with Crippen molar-refractivity contribution in [3.8, 4) is 0 Å². The summed E-state index contributed by atoms with van der Waals surface area (Å²) in [5, 5.41) is 0. The molecule has 102 valence electrons. The first-order valence-electron chi connectivity index (χ1n) is 5.51. The fourth-order valence-corrected chi connectivity index (χ4v) is 3.01. The number of unbranched alkanes of at least 4 members (excludes halogenated alkanes) is 1. The van der Waals surface area contributed by atoms with Crippen molar-refractivity contribution in [3.63, 3.8) is 0 Å². The molecule has 0 radical (unpaired) electrons. The number of hydrogen-bond donors (Lipinski definition) is 2. The first-order chi connectivity index (χ1) is 8.47. The first-order valence-corrected chi connectivity index (χ1v) is 8.38. The van der Waals surface area contributed by atoms with Gasteiger partial charge in [-0.15, -0.1) is 0 Å². The van der Waals surface area contributed by atoms with Crippen molar-refractivity contribution in [3.05, 3.63) is 24.0 Å². The number of benzene rings is 1. The fraction of sp³-hybridized carbons (Fsp3) is 0.455. The van der Waals surface area contributed by atoms with E-state index in [4.69, 9.17) is 5.73 Å². The largest absolute Gasteiger partial charge is 0.399 e. The summed E-state index contributed by atoms with van der Waals surface area (Å²) in [6.07, 6.45) is 3.65. The summed E-state index contributed by atoms with van der Waals surface area (Å²) < 4.78 is 39.4. The third-order valence-electron chi connectivity index (χ3n) is 2.31. The van der Waals surface area contributed by atoms with Crippen LogP contribution >= 0.6 is 11.8 Å². The van der Waals surface area contributed by atoms with Gasteiger partial charge in [0.15, 0.2) is 0 Å². The van der Waals surface area contributed by atoms with Gasteiger partial charge in [0.05, 0.1) is 0 Å². The SMILES string of the molecule is CSCCCCNS(=O)(=O)c1ccc(N)cc1F. The van der Waals surface area contributed by atoms with Crippen LogP contribution in [0.5, 0.6) is 0 Å². The van der Waals surface area contributed by atoms with E-state index in [0.717, 1.165) is 24.7 Å². The maximum absolute atomic E-state index is 13.5. The van der Waals surface area contributed by atoms with Gasteiger partial charge in [-0.2, -0.15) is 11.8 Å². The van der Waals surface area contributed by atoms with Crippen LogP contribution in [0, 0.1) is 5.82 Å². The number of thioether (sulfide) groups is 1. The third-order valence-corrected chi connectivity index (χ3v) is 4.50. The van der Waals surface area contributed by atoms with Crippen molar-refractivity contribution in [1.29, 1.82) is 0 Å². The van der Waals surface area contributed by atoms with Gasteiger partial charge in [-0.25, -0.2) is 17.5 Å². The zero-order chi connectivity index (χ0) is 13.6. The highest BCUT2D eigenvalue weighted by Crippen LogP contribution is 2.16. The Labute approximate surface area is 111 Å². The predicted molar refractivity (Wildman–Crippen MR) is 73.6 cm³/mol. The summed E-state index contributed by atoms with van der Waals surface area (Å²) >= 11 is 1.71. The highest BCUT2D eigenvalue weighted by atomic mass is 32.2. The Balaban J connectivity index is 2.63. The predicted octanol–water partition coefficient (Wildman–Crippen LogP) is 1.83. The molecule has 0 saturated heterocycles. The van der Waals surface area contributed by atoms with Gasteiger partial charge in [-0.05, 0) is 43.0 Å². The van der Waals surface area contributed by atoms with E-state index in [1.807, 2.05) is 6.26 Å². The molecule has 0 bridgehead atoms. The van der Waals surface area contributed by atoms with Crippen molar-refractivity contribution < 1.29 is 12.8 Å². The van der Waals surface area contributed by atoms with Crippen LogP contribution in [0.3, 0.4) is 0 Å². The zero-order valence-corrected chi connectivity index (χ0v) is 11.8. The quantitative estimate of drug-likeness (QED) is 0.594. The van der Waals surface area contributed by atoms with Gasteiger partial charge < -0.3 is 5.73 Å². The lowest BCUT2D eigenvalue weighted by Crippen LogP contribution is -2.25. The van der Waals surface area contributed by atoms with Crippen LogP contribution in [0.25, 0.3) is 0 Å². The minimum absolute atomic E-state index is 0.200. The van der Waals surface area contributed by atoms with Crippen LogP contribution in [0.1, 0.15) is 12.8 Å². The van der Waals surface area contributed by atoms with Crippen LogP contribution < -0.4 is 10.5 Å². The number of anilines is 1. The maximum atomic E-state index is 13.5. The van der Waals surface area contributed by atoms with E-state index in [1.165, 1.54) is 12.1 Å². The van der Waals surface area contributed by atoms with E-state index in [1.54, 1.807) is 11.8 Å². The average Bonchev–Trinajstić information content (AvgIpc) is 2.28. The molecule has 1 aromatic carbocycles. The Bertz CT molecular complexity index is 492. The molecule has 0 aliphatic carbocycles. The van der Waals surface area contributed by atoms with Gasteiger partial charge in [0.2, 0.25) is 10.0 Å². The smallest absolute Gasteiger partial charge is 0.243 e. The highest BCUT2D eigenvalue weighted by Gasteiger charge is 2.18. The number of nitrogen functional groups attached to an aromatic ring is 1. The minimum atomic E-state index is -3.78. The normalized spacial score (nSPS) is 11.7. The van der Waals surface area contributed by atoms with Gasteiger partial charge in [0, 0.05) is 12.2 Å². The summed E-state index contributed by atoms with van der Waals surface area (Å²) in [5.74, 6) is 0.157. The topological polar surface area (TPSA) is 72.2 Å². The zero-order valence-electron chi connectivity index (χ0n) is 10.1. The standard InChI is InChI=1S/C11H17FN2O2S2/c1-17-7-3-2-6-14-18(15,16)11-5-4-9(13)8-10(11)12/h4-5,8,14H,2-3,6-7,13H2,1H3. The first kappa shape index (κ1) is 15.3. The monoisotopic (exact) mass is 292 g/mol. The molecule has 0 fully saturated rings. The molecule has 4 nitrogen and oxygen atoms in total. The van der Waals surface area contributed by atoms with Crippen molar-refractivity contribution in [1.82, 2.24) is 4.72 Å². The summed E-state index contributed by atoms with van der Waals surface area (Å²) in [6.45, 7) is 0.312. The van der Waals surface area contributed by atoms with Gasteiger partial charge >= 0.3 is 0 Å². The molecule has 1 rings (SSSR count). The summed E-state index contributed by atoms with van der Waals surface area (Å²) in [6, 6.07) is 3.54. The van der Waals surface area contributed by atoms with E-state index in [0.29, 0.717) is 6.54 Å². The second-order valence-electron chi connectivity index (χ2n) is 3.79. The Morgan fingerprint density at radius 2 is 2.11 bits per heavy atom. The molecule has 0 spiro atoms. The summed E-state index contributed by atoms with van der Waals surface area (Å²) in [7, 11) is -3.78. The summed E-state index contributed by atoms with van der Waals surface area (Å²) in [5.41, 5.74) is 5.57. The molecule has 0 aromatic heterocycles. The highest BCUT2D eigenvalue weighted by molar-refractivity contribution is 7.98. The lowest BCUT2D eigenvalue weighted by Gasteiger charge is -2.07. The van der Waals surface area contributed by atoms with Crippen LogP contribution in [0.15, 0.2) is 23.1 Å². The second kappa shape index (κ2) is 6.96. The Hall–Kier alpha value is -0.790. The molecule has 18 heavy (non-hydrogen) atoms. The van der Waals surface area contributed by atoms with Crippen molar-refractivity contribution in [2.45, 2.75) is 17.7 Å². The molecule has 1 aromatic rings. The van der Waals surface area contributed by atoms with Gasteiger partial charge in [0.1, 0.15) is 10.7 Å². The van der Waals surface area contributed by atoms with Gasteiger partial charge in [-0.1, -0.05) is 0 Å². The van der Waals surface area contributed by atoms with Crippen LogP contribution in [-0.4, -0.2) is 27.0 Å². The third kappa shape index (κ3) is 4.47. The fourth-order valence-electron chi connectivity index (χ4n) is 1.39. The molecule has 0 atom stereocenters. The molecule has 3 N–H and O–H groups in total. The summed E-state index contributed by atoms with van der Waals surface area (Å²) in [4.78, 5) is -0.360. The lowest BCUT2D eigenvalue weighted by atomic mass is 10.3. The second-order valence-corrected chi connectivity index (χ2v) is 6.51. The molecule has 7 heteroatoms. The van der Waals surface area contributed by atoms with Crippen LogP contribution in [0.4, 0.5) is 10.1 Å². The van der Waals surface area contributed by atoms with E-state index in [9.17, 15) is 12.8 Å². The van der Waals surface area contributed by atoms with Crippen LogP contribution in [-0.2, 0) is 10.0 Å². The Morgan fingerprint density at radius 1 is 1.39 bits per heavy atom. The average molecular weight is 292 g/mol. The van der Waals surface area contributed by atoms with Crippen molar-refractivity contribution >= 4 is 27.5 Å². The maximum Gasteiger partial charge on any atom is 0.243 e. The van der Waals surface area contributed by atoms with Crippen molar-refractivity contribution in [2.24, 2.45) is 0 Å². The number of halogens is 1. The molecule has 0 saturated carbocycles.